The quantitative estimate of drug-likeness (QED) is 0.734. The predicted octanol–water partition coefficient (Wildman–Crippen LogP) is 1.93. The molecule has 3 heterocycles. The number of amides is 1. The molecule has 2 aromatic heterocycles. The lowest BCUT2D eigenvalue weighted by atomic mass is 9.97. The Hall–Kier alpha value is -2.96. The van der Waals surface area contributed by atoms with Gasteiger partial charge in [0.15, 0.2) is 0 Å². The van der Waals surface area contributed by atoms with Gasteiger partial charge in [-0.25, -0.2) is 15.0 Å². The topological polar surface area (TPSA) is 86.8 Å². The standard InChI is InChI=1S/C19H22N6O/c26-18(14-5-3-12-25(13-14)19-21-9-4-10-22-19)20-11-8-17-23-15-6-1-2-7-16(15)24-17/h1-2,4,6-7,9-10,14H,3,5,8,11-13H2,(H,20,26)(H,23,24)/t14-/m0/s1. The molecule has 4 rings (SSSR count). The third kappa shape index (κ3) is 3.66. The summed E-state index contributed by atoms with van der Waals surface area (Å²) in [6.07, 6.45) is 6.04. The number of rotatable bonds is 5. The van der Waals surface area contributed by atoms with E-state index in [1.165, 1.54) is 0 Å². The minimum absolute atomic E-state index is 0.0248. The summed E-state index contributed by atoms with van der Waals surface area (Å²) in [5.74, 6) is 1.67. The van der Waals surface area contributed by atoms with Crippen LogP contribution in [0.4, 0.5) is 5.95 Å². The third-order valence-corrected chi connectivity index (χ3v) is 4.73. The molecule has 1 aliphatic rings. The zero-order valence-corrected chi connectivity index (χ0v) is 14.6. The Labute approximate surface area is 151 Å². The van der Waals surface area contributed by atoms with Gasteiger partial charge in [-0.05, 0) is 31.0 Å². The molecule has 0 radical (unpaired) electrons. The second-order valence-electron chi connectivity index (χ2n) is 6.58. The molecule has 0 saturated carbocycles. The number of nitrogens with one attached hydrogen (secondary N) is 2. The Morgan fingerprint density at radius 3 is 2.92 bits per heavy atom. The number of benzene rings is 1. The number of aromatic nitrogens is 4. The zero-order valence-electron chi connectivity index (χ0n) is 14.6. The van der Waals surface area contributed by atoms with Crippen LogP contribution in [-0.2, 0) is 11.2 Å². The van der Waals surface area contributed by atoms with Gasteiger partial charge >= 0.3 is 0 Å². The second kappa shape index (κ2) is 7.51. The Morgan fingerprint density at radius 2 is 2.08 bits per heavy atom. The van der Waals surface area contributed by atoms with Gasteiger partial charge in [-0.1, -0.05) is 12.1 Å². The molecule has 26 heavy (non-hydrogen) atoms. The molecule has 1 aromatic carbocycles. The minimum atomic E-state index is -0.0248. The average molecular weight is 350 g/mol. The van der Waals surface area contributed by atoms with E-state index in [9.17, 15) is 4.79 Å². The molecule has 1 amide bonds. The molecule has 2 N–H and O–H groups in total. The molecule has 1 fully saturated rings. The summed E-state index contributed by atoms with van der Waals surface area (Å²) < 4.78 is 0. The van der Waals surface area contributed by atoms with Crippen LogP contribution in [0.25, 0.3) is 11.0 Å². The maximum atomic E-state index is 12.5. The smallest absolute Gasteiger partial charge is 0.225 e. The molecular weight excluding hydrogens is 328 g/mol. The molecule has 134 valence electrons. The van der Waals surface area contributed by atoms with Gasteiger partial charge in [-0.15, -0.1) is 0 Å². The van der Waals surface area contributed by atoms with E-state index < -0.39 is 0 Å². The van der Waals surface area contributed by atoms with E-state index in [-0.39, 0.29) is 11.8 Å². The number of aromatic amines is 1. The van der Waals surface area contributed by atoms with Crippen molar-refractivity contribution in [3.05, 3.63) is 48.5 Å². The van der Waals surface area contributed by atoms with Gasteiger partial charge in [0, 0.05) is 38.4 Å². The molecule has 1 aliphatic heterocycles. The summed E-state index contributed by atoms with van der Waals surface area (Å²) >= 11 is 0. The van der Waals surface area contributed by atoms with Crippen LogP contribution in [0.2, 0.25) is 0 Å². The van der Waals surface area contributed by atoms with E-state index in [4.69, 9.17) is 0 Å². The summed E-state index contributed by atoms with van der Waals surface area (Å²) in [5, 5.41) is 3.05. The van der Waals surface area contributed by atoms with Gasteiger partial charge < -0.3 is 15.2 Å². The molecule has 0 aliphatic carbocycles. The maximum absolute atomic E-state index is 12.5. The number of hydrogen-bond donors (Lipinski definition) is 2. The highest BCUT2D eigenvalue weighted by molar-refractivity contribution is 5.79. The van der Waals surface area contributed by atoms with Crippen molar-refractivity contribution >= 4 is 22.9 Å². The van der Waals surface area contributed by atoms with Crippen LogP contribution in [0.5, 0.6) is 0 Å². The van der Waals surface area contributed by atoms with E-state index >= 15 is 0 Å². The molecule has 1 atom stereocenters. The highest BCUT2D eigenvalue weighted by atomic mass is 16.1. The molecule has 1 saturated heterocycles. The summed E-state index contributed by atoms with van der Waals surface area (Å²) in [6, 6.07) is 9.75. The zero-order chi connectivity index (χ0) is 17.8. The number of anilines is 1. The lowest BCUT2D eigenvalue weighted by molar-refractivity contribution is -0.125. The summed E-state index contributed by atoms with van der Waals surface area (Å²) in [5.41, 5.74) is 1.99. The van der Waals surface area contributed by atoms with Crippen LogP contribution in [0.1, 0.15) is 18.7 Å². The monoisotopic (exact) mass is 350 g/mol. The Morgan fingerprint density at radius 1 is 1.23 bits per heavy atom. The van der Waals surface area contributed by atoms with Gasteiger partial charge in [0.2, 0.25) is 11.9 Å². The number of carbonyl (C=O) groups is 1. The first-order valence-electron chi connectivity index (χ1n) is 9.03. The van der Waals surface area contributed by atoms with E-state index in [0.29, 0.717) is 25.5 Å². The van der Waals surface area contributed by atoms with E-state index in [0.717, 1.165) is 36.2 Å². The summed E-state index contributed by atoms with van der Waals surface area (Å²) in [4.78, 5) is 31.0. The predicted molar refractivity (Wildman–Crippen MR) is 99.8 cm³/mol. The molecule has 0 unspecified atom stereocenters. The largest absolute Gasteiger partial charge is 0.355 e. The Balaban J connectivity index is 1.30. The van der Waals surface area contributed by atoms with Gasteiger partial charge in [0.05, 0.1) is 17.0 Å². The Kier molecular flexibility index (Phi) is 4.77. The number of fused-ring (bicyclic) bond motifs is 1. The van der Waals surface area contributed by atoms with Crippen LogP contribution in [0.15, 0.2) is 42.7 Å². The number of nitrogens with zero attached hydrogens (tertiary/aromatic N) is 4. The average Bonchev–Trinajstić information content (AvgIpc) is 3.11. The molecule has 0 bridgehead atoms. The molecule has 7 nitrogen and oxygen atoms in total. The molecule has 3 aromatic rings. The van der Waals surface area contributed by atoms with Crippen molar-refractivity contribution in [1.29, 1.82) is 0 Å². The van der Waals surface area contributed by atoms with Crippen molar-refractivity contribution in [1.82, 2.24) is 25.3 Å². The lowest BCUT2D eigenvalue weighted by Gasteiger charge is -2.31. The second-order valence-corrected chi connectivity index (χ2v) is 6.58. The first kappa shape index (κ1) is 16.5. The van der Waals surface area contributed by atoms with Gasteiger partial charge in [-0.3, -0.25) is 4.79 Å². The first-order valence-corrected chi connectivity index (χ1v) is 9.03. The van der Waals surface area contributed by atoms with Gasteiger partial charge in [0.1, 0.15) is 5.82 Å². The van der Waals surface area contributed by atoms with Crippen LogP contribution in [-0.4, -0.2) is 45.5 Å². The highest BCUT2D eigenvalue weighted by Gasteiger charge is 2.26. The molecule has 7 heteroatoms. The van der Waals surface area contributed by atoms with E-state index in [2.05, 4.69) is 30.2 Å². The number of hydrogen-bond acceptors (Lipinski definition) is 5. The Bertz CT molecular complexity index is 845. The fourth-order valence-corrected chi connectivity index (χ4v) is 3.40. The van der Waals surface area contributed by atoms with Gasteiger partial charge in [-0.2, -0.15) is 0 Å². The molecular formula is C19H22N6O. The fraction of sp³-hybridized carbons (Fsp3) is 0.368. The number of piperidine rings is 1. The van der Waals surface area contributed by atoms with E-state index in [1.807, 2.05) is 24.3 Å². The van der Waals surface area contributed by atoms with Gasteiger partial charge in [0.25, 0.3) is 0 Å². The summed E-state index contributed by atoms with van der Waals surface area (Å²) in [7, 11) is 0. The van der Waals surface area contributed by atoms with Crippen LogP contribution in [0, 0.1) is 5.92 Å². The number of para-hydroxylation sites is 2. The minimum Gasteiger partial charge on any atom is -0.355 e. The number of imidazole rings is 1. The van der Waals surface area contributed by atoms with Crippen molar-refractivity contribution in [2.75, 3.05) is 24.5 Å². The first-order chi connectivity index (χ1) is 12.8. The number of carbonyl (C=O) groups excluding carboxylic acids is 1. The van der Waals surface area contributed by atoms with Crippen molar-refractivity contribution in [2.24, 2.45) is 5.92 Å². The van der Waals surface area contributed by atoms with Crippen LogP contribution < -0.4 is 10.2 Å². The van der Waals surface area contributed by atoms with Crippen molar-refractivity contribution in [3.8, 4) is 0 Å². The lowest BCUT2D eigenvalue weighted by Crippen LogP contribution is -2.44. The van der Waals surface area contributed by atoms with Crippen molar-refractivity contribution in [2.45, 2.75) is 19.3 Å². The summed E-state index contributed by atoms with van der Waals surface area (Å²) in [6.45, 7) is 2.14. The van der Waals surface area contributed by atoms with E-state index in [1.54, 1.807) is 18.5 Å². The SMILES string of the molecule is O=C(NCCc1nc2ccccc2[nH]1)[C@H]1CCCN(c2ncccn2)C1. The normalized spacial score (nSPS) is 17.4. The van der Waals surface area contributed by atoms with Crippen molar-refractivity contribution in [3.63, 3.8) is 0 Å². The third-order valence-electron chi connectivity index (χ3n) is 4.73. The maximum Gasteiger partial charge on any atom is 0.225 e. The highest BCUT2D eigenvalue weighted by Crippen LogP contribution is 2.20. The van der Waals surface area contributed by atoms with Crippen molar-refractivity contribution < 1.29 is 4.79 Å². The fourth-order valence-electron chi connectivity index (χ4n) is 3.40. The number of H-pyrrole nitrogens is 1. The van der Waals surface area contributed by atoms with Crippen LogP contribution >= 0.6 is 0 Å². The van der Waals surface area contributed by atoms with Crippen LogP contribution in [0.3, 0.4) is 0 Å². The molecule has 0 spiro atoms.